The zero-order chi connectivity index (χ0) is 15.2. The molecule has 0 aromatic carbocycles. The Morgan fingerprint density at radius 3 is 2.75 bits per heavy atom. The Morgan fingerprint density at radius 1 is 1.45 bits per heavy atom. The van der Waals surface area contributed by atoms with Crippen molar-refractivity contribution in [2.24, 2.45) is 0 Å². The molecule has 0 amide bonds. The molecule has 0 aliphatic heterocycles. The molecule has 116 valence electrons. The lowest BCUT2D eigenvalue weighted by Gasteiger charge is -2.26. The number of nitrogens with one attached hydrogen (secondary N) is 1. The summed E-state index contributed by atoms with van der Waals surface area (Å²) in [6.45, 7) is 7.44. The summed E-state index contributed by atoms with van der Waals surface area (Å²) in [6.07, 6.45) is 3.53. The lowest BCUT2D eigenvalue weighted by atomic mass is 9.98. The van der Waals surface area contributed by atoms with Crippen LogP contribution in [0, 0.1) is 0 Å². The third-order valence-corrected chi connectivity index (χ3v) is 3.86. The number of hydrogen-bond donors (Lipinski definition) is 2. The number of aromatic nitrogens is 2. The number of hydrogen-bond acceptors (Lipinski definition) is 4. The third-order valence-electron chi connectivity index (χ3n) is 3.28. The second-order valence-corrected chi connectivity index (χ2v) is 6.50. The highest BCUT2D eigenvalue weighted by molar-refractivity contribution is 9.10. The summed E-state index contributed by atoms with van der Waals surface area (Å²) in [5.74, 6) is 0. The van der Waals surface area contributed by atoms with E-state index in [1.807, 2.05) is 25.7 Å². The largest absolute Gasteiger partial charge is 0.384 e. The predicted molar refractivity (Wildman–Crippen MR) is 85.8 cm³/mol. The fourth-order valence-electron chi connectivity index (χ4n) is 2.11. The van der Waals surface area contributed by atoms with Crippen molar-refractivity contribution in [3.05, 3.63) is 16.4 Å². The molecular weight excluding hydrogens is 320 g/mol. The Bertz CT molecular complexity index is 404. The molecule has 1 heterocycles. The van der Waals surface area contributed by atoms with Gasteiger partial charge in [-0.05, 0) is 62.9 Å². The monoisotopic (exact) mass is 346 g/mol. The molecule has 1 rings (SSSR count). The van der Waals surface area contributed by atoms with Crippen LogP contribution in [-0.4, -0.2) is 53.5 Å². The molecule has 0 bridgehead atoms. The highest BCUT2D eigenvalue weighted by atomic mass is 79.9. The summed E-state index contributed by atoms with van der Waals surface area (Å²) >= 11 is 3.51. The van der Waals surface area contributed by atoms with Gasteiger partial charge in [0.25, 0.3) is 0 Å². The first-order chi connectivity index (χ1) is 9.38. The molecule has 0 radical (unpaired) electrons. The maximum absolute atomic E-state index is 10.8. The summed E-state index contributed by atoms with van der Waals surface area (Å²) in [7, 11) is 4.07. The predicted octanol–water partition coefficient (Wildman–Crippen LogP) is 1.80. The average Bonchev–Trinajstić information content (AvgIpc) is 2.74. The van der Waals surface area contributed by atoms with Crippen LogP contribution < -0.4 is 5.32 Å². The van der Waals surface area contributed by atoms with Crippen molar-refractivity contribution in [2.75, 3.05) is 33.7 Å². The Hall–Kier alpha value is -0.430. The number of nitrogens with zero attached hydrogens (tertiary/aromatic N) is 3. The fourth-order valence-corrected chi connectivity index (χ4v) is 2.84. The van der Waals surface area contributed by atoms with Crippen LogP contribution >= 0.6 is 15.9 Å². The minimum absolute atomic E-state index is 0.666. The lowest BCUT2D eigenvalue weighted by Crippen LogP contribution is -2.32. The van der Waals surface area contributed by atoms with Gasteiger partial charge in [0.2, 0.25) is 0 Å². The number of likely N-dealkylation sites (N-methyl/N-ethyl adjacent to an activating group) is 1. The molecule has 1 aromatic rings. The van der Waals surface area contributed by atoms with Gasteiger partial charge in [-0.3, -0.25) is 4.68 Å². The summed E-state index contributed by atoms with van der Waals surface area (Å²) in [6, 6.07) is 0. The zero-order valence-corrected chi connectivity index (χ0v) is 14.6. The maximum Gasteiger partial charge on any atom is 0.106 e. The highest BCUT2D eigenvalue weighted by Crippen LogP contribution is 2.30. The molecule has 20 heavy (non-hydrogen) atoms. The van der Waals surface area contributed by atoms with Crippen LogP contribution in [0.5, 0.6) is 0 Å². The Kier molecular flexibility index (Phi) is 7.15. The van der Waals surface area contributed by atoms with Gasteiger partial charge in [0.05, 0.1) is 22.9 Å². The Balaban J connectivity index is 2.73. The molecule has 1 unspecified atom stereocenters. The SMILES string of the molecule is CCCNCCC(C)(O)c1c(Br)cnn1CCN(C)C. The smallest absolute Gasteiger partial charge is 0.106 e. The first-order valence-electron chi connectivity index (χ1n) is 7.18. The van der Waals surface area contributed by atoms with E-state index < -0.39 is 5.60 Å². The van der Waals surface area contributed by atoms with Crippen molar-refractivity contribution >= 4 is 15.9 Å². The van der Waals surface area contributed by atoms with Gasteiger partial charge in [0.1, 0.15) is 5.60 Å². The summed E-state index contributed by atoms with van der Waals surface area (Å²) in [4.78, 5) is 2.11. The minimum atomic E-state index is -0.887. The van der Waals surface area contributed by atoms with Gasteiger partial charge in [-0.15, -0.1) is 0 Å². The second-order valence-electron chi connectivity index (χ2n) is 5.64. The van der Waals surface area contributed by atoms with E-state index in [0.29, 0.717) is 6.42 Å². The van der Waals surface area contributed by atoms with Crippen molar-refractivity contribution < 1.29 is 5.11 Å². The number of rotatable bonds is 9. The van der Waals surface area contributed by atoms with Crippen molar-refractivity contribution in [3.63, 3.8) is 0 Å². The molecule has 0 saturated carbocycles. The van der Waals surface area contributed by atoms with E-state index in [0.717, 1.165) is 42.8 Å². The molecule has 1 atom stereocenters. The lowest BCUT2D eigenvalue weighted by molar-refractivity contribution is 0.0375. The van der Waals surface area contributed by atoms with Gasteiger partial charge >= 0.3 is 0 Å². The first kappa shape index (κ1) is 17.6. The summed E-state index contributed by atoms with van der Waals surface area (Å²) in [5, 5.41) is 18.4. The van der Waals surface area contributed by atoms with Crippen LogP contribution in [0.25, 0.3) is 0 Å². The molecule has 5 nitrogen and oxygen atoms in total. The zero-order valence-electron chi connectivity index (χ0n) is 13.0. The van der Waals surface area contributed by atoms with Crippen molar-refractivity contribution in [2.45, 2.75) is 38.8 Å². The Labute approximate surface area is 130 Å². The highest BCUT2D eigenvalue weighted by Gasteiger charge is 2.29. The van der Waals surface area contributed by atoms with Crippen LogP contribution in [0.3, 0.4) is 0 Å². The normalized spacial score (nSPS) is 14.8. The molecule has 1 aromatic heterocycles. The topological polar surface area (TPSA) is 53.3 Å². The quantitative estimate of drug-likeness (QED) is 0.669. The van der Waals surface area contributed by atoms with Gasteiger partial charge in [0.15, 0.2) is 0 Å². The van der Waals surface area contributed by atoms with E-state index in [1.54, 1.807) is 6.20 Å². The van der Waals surface area contributed by atoms with Crippen molar-refractivity contribution in [1.82, 2.24) is 20.0 Å². The fraction of sp³-hybridized carbons (Fsp3) is 0.786. The molecule has 0 fully saturated rings. The van der Waals surface area contributed by atoms with Crippen molar-refractivity contribution in [1.29, 1.82) is 0 Å². The molecule has 2 N–H and O–H groups in total. The van der Waals surface area contributed by atoms with Crippen LogP contribution in [0.1, 0.15) is 32.4 Å². The van der Waals surface area contributed by atoms with E-state index in [4.69, 9.17) is 0 Å². The van der Waals surface area contributed by atoms with E-state index in [1.165, 1.54) is 0 Å². The molecule has 0 aliphatic carbocycles. The Morgan fingerprint density at radius 2 is 2.15 bits per heavy atom. The van der Waals surface area contributed by atoms with Crippen LogP contribution in [-0.2, 0) is 12.1 Å². The van der Waals surface area contributed by atoms with Gasteiger partial charge in [0, 0.05) is 6.54 Å². The summed E-state index contributed by atoms with van der Waals surface area (Å²) in [5.41, 5.74) is -0.0276. The third kappa shape index (κ3) is 5.16. The van der Waals surface area contributed by atoms with Gasteiger partial charge in [-0.2, -0.15) is 5.10 Å². The number of halogens is 1. The van der Waals surface area contributed by atoms with Crippen LogP contribution in [0.2, 0.25) is 0 Å². The van der Waals surface area contributed by atoms with E-state index in [2.05, 4.69) is 38.2 Å². The van der Waals surface area contributed by atoms with Gasteiger partial charge in [-0.1, -0.05) is 6.92 Å². The van der Waals surface area contributed by atoms with Gasteiger partial charge < -0.3 is 15.3 Å². The standard InChI is InChI=1S/C14H27BrN4O/c1-5-7-16-8-6-14(2,20)13-12(15)11-17-19(13)10-9-18(3)4/h11,16,20H,5-10H2,1-4H3. The average molecular weight is 347 g/mol. The molecular formula is C14H27BrN4O. The van der Waals surface area contributed by atoms with Crippen LogP contribution in [0.4, 0.5) is 0 Å². The van der Waals surface area contributed by atoms with Crippen LogP contribution in [0.15, 0.2) is 10.7 Å². The first-order valence-corrected chi connectivity index (χ1v) is 7.97. The van der Waals surface area contributed by atoms with E-state index in [9.17, 15) is 5.11 Å². The molecule has 0 aliphatic rings. The number of aliphatic hydroxyl groups is 1. The molecule has 6 heteroatoms. The maximum atomic E-state index is 10.8. The molecule has 0 spiro atoms. The minimum Gasteiger partial charge on any atom is -0.384 e. The molecule has 0 saturated heterocycles. The second kappa shape index (κ2) is 8.12. The van der Waals surface area contributed by atoms with E-state index >= 15 is 0 Å². The van der Waals surface area contributed by atoms with E-state index in [-0.39, 0.29) is 0 Å². The van der Waals surface area contributed by atoms with Crippen molar-refractivity contribution in [3.8, 4) is 0 Å². The summed E-state index contributed by atoms with van der Waals surface area (Å²) < 4.78 is 2.76. The van der Waals surface area contributed by atoms with Gasteiger partial charge in [-0.25, -0.2) is 0 Å².